The number of sulfonamides is 1. The van der Waals surface area contributed by atoms with E-state index in [9.17, 15) is 13.2 Å². The molecule has 11 heteroatoms. The third-order valence-corrected chi connectivity index (χ3v) is 10.6. The smallest absolute Gasteiger partial charge is 0.264 e. The molecule has 0 spiro atoms. The number of hydrogen-bond acceptors (Lipinski definition) is 7. The zero-order valence-corrected chi connectivity index (χ0v) is 25.5. The Kier molecular flexibility index (Phi) is 9.25. The molecule has 0 saturated carbocycles. The van der Waals surface area contributed by atoms with Crippen molar-refractivity contribution in [3.8, 4) is 0 Å². The quantitative estimate of drug-likeness (QED) is 0.224. The highest BCUT2D eigenvalue weighted by Gasteiger charge is 2.26. The third-order valence-electron chi connectivity index (χ3n) is 7.14. The van der Waals surface area contributed by atoms with Gasteiger partial charge in [0.05, 0.1) is 39.0 Å². The summed E-state index contributed by atoms with van der Waals surface area (Å²) in [6, 6.07) is 18.9. The van der Waals surface area contributed by atoms with Crippen LogP contribution in [0.4, 0.5) is 10.8 Å². The molecule has 1 aromatic heterocycles. The minimum absolute atomic E-state index is 0.126. The normalized spacial score (nSPS) is 14.3. The summed E-state index contributed by atoms with van der Waals surface area (Å²) in [5.41, 5.74) is 2.75. The number of amides is 1. The highest BCUT2D eigenvalue weighted by Crippen LogP contribution is 2.36. The number of carbonyl (C=O) groups is 1. The van der Waals surface area contributed by atoms with E-state index in [0.29, 0.717) is 41.2 Å². The SMILES string of the molecule is CCN(c1ccccc1)S(=O)(=O)c1ccc(C(=O)N(CCCN2CCOCC2)c2nc3c(C)ccc(Cl)c3s2)cc1. The molecule has 0 N–H and O–H groups in total. The van der Waals surface area contributed by atoms with E-state index in [-0.39, 0.29) is 17.3 Å². The number of ether oxygens (including phenoxy) is 1. The highest BCUT2D eigenvalue weighted by molar-refractivity contribution is 7.92. The lowest BCUT2D eigenvalue weighted by molar-refractivity contribution is 0.0376. The van der Waals surface area contributed by atoms with Gasteiger partial charge in [-0.15, -0.1) is 0 Å². The van der Waals surface area contributed by atoms with Gasteiger partial charge in [-0.2, -0.15) is 0 Å². The van der Waals surface area contributed by atoms with Crippen LogP contribution in [0.3, 0.4) is 0 Å². The fourth-order valence-corrected chi connectivity index (χ4v) is 7.72. The van der Waals surface area contributed by atoms with Gasteiger partial charge in [0.25, 0.3) is 15.9 Å². The largest absolute Gasteiger partial charge is 0.379 e. The van der Waals surface area contributed by atoms with Gasteiger partial charge in [0.1, 0.15) is 0 Å². The van der Waals surface area contributed by atoms with Gasteiger partial charge < -0.3 is 4.74 Å². The molecule has 216 valence electrons. The number of nitrogens with zero attached hydrogens (tertiary/aromatic N) is 4. The van der Waals surface area contributed by atoms with Crippen LogP contribution in [0.5, 0.6) is 0 Å². The fraction of sp³-hybridized carbons (Fsp3) is 0.333. The molecule has 41 heavy (non-hydrogen) atoms. The monoisotopic (exact) mass is 612 g/mol. The number of hydrogen-bond donors (Lipinski definition) is 0. The molecule has 0 aliphatic carbocycles. The Morgan fingerprint density at radius 2 is 1.76 bits per heavy atom. The number of anilines is 2. The summed E-state index contributed by atoms with van der Waals surface area (Å²) in [5, 5.41) is 1.17. The van der Waals surface area contributed by atoms with Crippen LogP contribution in [0, 0.1) is 6.92 Å². The summed E-state index contributed by atoms with van der Waals surface area (Å²) in [5.74, 6) is -0.237. The number of benzene rings is 3. The molecule has 1 aliphatic rings. The summed E-state index contributed by atoms with van der Waals surface area (Å²) in [7, 11) is -3.80. The van der Waals surface area contributed by atoms with Crippen LogP contribution in [-0.4, -0.2) is 70.1 Å². The number of para-hydroxylation sites is 1. The van der Waals surface area contributed by atoms with Crippen molar-refractivity contribution in [1.29, 1.82) is 0 Å². The maximum Gasteiger partial charge on any atom is 0.264 e. The van der Waals surface area contributed by atoms with E-state index >= 15 is 0 Å². The van der Waals surface area contributed by atoms with E-state index in [1.807, 2.05) is 25.1 Å². The van der Waals surface area contributed by atoms with E-state index in [2.05, 4.69) is 4.90 Å². The molecule has 1 aliphatic heterocycles. The number of fused-ring (bicyclic) bond motifs is 1. The van der Waals surface area contributed by atoms with Crippen molar-refractivity contribution >= 4 is 59.9 Å². The number of halogens is 1. The molecule has 1 fully saturated rings. The molecule has 1 saturated heterocycles. The van der Waals surface area contributed by atoms with Crippen LogP contribution in [0.25, 0.3) is 10.2 Å². The summed E-state index contributed by atoms with van der Waals surface area (Å²) in [4.78, 5) is 22.9. The maximum absolute atomic E-state index is 13.9. The first-order chi connectivity index (χ1) is 19.8. The van der Waals surface area contributed by atoms with E-state index in [1.54, 1.807) is 48.2 Å². The van der Waals surface area contributed by atoms with Crippen LogP contribution >= 0.6 is 22.9 Å². The van der Waals surface area contributed by atoms with Crippen molar-refractivity contribution < 1.29 is 17.9 Å². The molecule has 4 aromatic rings. The second-order valence-corrected chi connectivity index (χ2v) is 13.1. The van der Waals surface area contributed by atoms with Crippen molar-refractivity contribution in [2.75, 3.05) is 55.1 Å². The molecule has 0 atom stereocenters. The first kappa shape index (κ1) is 29.5. The first-order valence-corrected chi connectivity index (χ1v) is 16.3. The van der Waals surface area contributed by atoms with Gasteiger partial charge in [-0.1, -0.05) is 47.2 Å². The molecule has 8 nitrogen and oxygen atoms in total. The van der Waals surface area contributed by atoms with Crippen LogP contribution in [0.1, 0.15) is 29.3 Å². The summed E-state index contributed by atoms with van der Waals surface area (Å²) in [6.07, 6.45) is 0.753. The van der Waals surface area contributed by atoms with E-state index in [0.717, 1.165) is 41.8 Å². The van der Waals surface area contributed by atoms with E-state index < -0.39 is 10.0 Å². The standard InChI is InChI=1S/C30H33ClN4O4S2/c1-3-35(24-8-5-4-6-9-24)41(37,38)25-13-11-23(12-14-25)29(36)34(17-7-16-33-18-20-39-21-19-33)30-32-27-22(2)10-15-26(31)28(27)40-30/h4-6,8-15H,3,7,16-21H2,1-2H3. The number of thiazole rings is 1. The van der Waals surface area contributed by atoms with Gasteiger partial charge in [-0.05, 0) is 68.3 Å². The predicted octanol–water partition coefficient (Wildman–Crippen LogP) is 5.84. The fourth-order valence-electron chi connectivity index (χ4n) is 4.91. The average molecular weight is 613 g/mol. The summed E-state index contributed by atoms with van der Waals surface area (Å²) < 4.78 is 34.6. The van der Waals surface area contributed by atoms with Crippen molar-refractivity contribution in [2.24, 2.45) is 0 Å². The molecule has 1 amide bonds. The lowest BCUT2D eigenvalue weighted by Crippen LogP contribution is -2.39. The van der Waals surface area contributed by atoms with Crippen LogP contribution < -0.4 is 9.21 Å². The summed E-state index contributed by atoms with van der Waals surface area (Å²) >= 11 is 7.87. The van der Waals surface area contributed by atoms with E-state index in [1.165, 1.54) is 27.8 Å². The first-order valence-electron chi connectivity index (χ1n) is 13.6. The van der Waals surface area contributed by atoms with Crippen LogP contribution in [-0.2, 0) is 14.8 Å². The molecule has 0 unspecified atom stereocenters. The molecule has 0 radical (unpaired) electrons. The Hall–Kier alpha value is -3.02. The third kappa shape index (κ3) is 6.42. The van der Waals surface area contributed by atoms with Gasteiger partial charge in [0.15, 0.2) is 5.13 Å². The molecular formula is C30H33ClN4O4S2. The van der Waals surface area contributed by atoms with Gasteiger partial charge in [0.2, 0.25) is 0 Å². The second-order valence-electron chi connectivity index (χ2n) is 9.83. The Labute approximate surface area is 250 Å². The molecule has 2 heterocycles. The lowest BCUT2D eigenvalue weighted by Gasteiger charge is -2.27. The van der Waals surface area contributed by atoms with Crippen molar-refractivity contribution in [3.05, 3.63) is 82.9 Å². The van der Waals surface area contributed by atoms with Gasteiger partial charge >= 0.3 is 0 Å². The summed E-state index contributed by atoms with van der Waals surface area (Å²) in [6.45, 7) is 8.52. The number of rotatable bonds is 10. The molecule has 3 aromatic carbocycles. The topological polar surface area (TPSA) is 83.1 Å². The van der Waals surface area contributed by atoms with Crippen molar-refractivity contribution in [3.63, 3.8) is 0 Å². The number of morpholine rings is 1. The van der Waals surface area contributed by atoms with Gasteiger partial charge in [-0.3, -0.25) is 18.9 Å². The number of carbonyl (C=O) groups excluding carboxylic acids is 1. The highest BCUT2D eigenvalue weighted by atomic mass is 35.5. The van der Waals surface area contributed by atoms with Gasteiger partial charge in [0, 0.05) is 38.3 Å². The van der Waals surface area contributed by atoms with Crippen LogP contribution in [0.2, 0.25) is 5.02 Å². The zero-order chi connectivity index (χ0) is 29.0. The number of aryl methyl sites for hydroxylation is 1. The van der Waals surface area contributed by atoms with E-state index in [4.69, 9.17) is 21.3 Å². The minimum Gasteiger partial charge on any atom is -0.379 e. The molecule has 5 rings (SSSR count). The average Bonchev–Trinajstić information content (AvgIpc) is 3.45. The van der Waals surface area contributed by atoms with Crippen molar-refractivity contribution in [2.45, 2.75) is 25.2 Å². The Bertz CT molecular complexity index is 1570. The number of aromatic nitrogens is 1. The van der Waals surface area contributed by atoms with Gasteiger partial charge in [-0.25, -0.2) is 13.4 Å². The van der Waals surface area contributed by atoms with Crippen LogP contribution in [0.15, 0.2) is 71.6 Å². The second kappa shape index (κ2) is 12.9. The zero-order valence-electron chi connectivity index (χ0n) is 23.1. The lowest BCUT2D eigenvalue weighted by atomic mass is 10.2. The minimum atomic E-state index is -3.80. The predicted molar refractivity (Wildman–Crippen MR) is 166 cm³/mol. The Balaban J connectivity index is 1.42. The Morgan fingerprint density at radius 3 is 2.41 bits per heavy atom. The Morgan fingerprint density at radius 1 is 1.05 bits per heavy atom. The maximum atomic E-state index is 13.9. The molecular weight excluding hydrogens is 580 g/mol. The molecule has 0 bridgehead atoms. The van der Waals surface area contributed by atoms with Crippen molar-refractivity contribution in [1.82, 2.24) is 9.88 Å².